The normalized spacial score (nSPS) is 12.3. The van der Waals surface area contributed by atoms with Crippen molar-refractivity contribution in [1.82, 2.24) is 0 Å². The number of rotatable bonds is 11. The fourth-order valence-electron chi connectivity index (χ4n) is 3.12. The van der Waals surface area contributed by atoms with E-state index in [-0.39, 0.29) is 12.8 Å². The number of methoxy groups -OCH3 is 1. The van der Waals surface area contributed by atoms with E-state index < -0.39 is 11.8 Å². The lowest BCUT2D eigenvalue weighted by Gasteiger charge is -2.12. The minimum Gasteiger partial charge on any atom is -0.497 e. The molecule has 0 atom stereocenters. The van der Waals surface area contributed by atoms with Gasteiger partial charge in [-0.25, -0.2) is 4.39 Å². The summed E-state index contributed by atoms with van der Waals surface area (Å²) in [5.41, 5.74) is 3.68. The third-order valence-corrected chi connectivity index (χ3v) is 4.88. The van der Waals surface area contributed by atoms with E-state index in [4.69, 9.17) is 14.8 Å². The zero-order valence-corrected chi connectivity index (χ0v) is 18.3. The number of benzene rings is 2. The number of hydrogen-bond donors (Lipinski definition) is 1. The van der Waals surface area contributed by atoms with E-state index in [2.05, 4.69) is 18.6 Å². The van der Waals surface area contributed by atoms with Gasteiger partial charge in [0.2, 0.25) is 0 Å². The van der Waals surface area contributed by atoms with Crippen molar-refractivity contribution in [3.8, 4) is 5.75 Å². The quantitative estimate of drug-likeness (QED) is 0.354. The van der Waals surface area contributed by atoms with E-state index in [9.17, 15) is 9.18 Å². The van der Waals surface area contributed by atoms with Gasteiger partial charge in [-0.05, 0) is 68.8 Å². The molecule has 5 nitrogen and oxygen atoms in total. The first-order chi connectivity index (χ1) is 14.9. The molecule has 164 valence electrons. The smallest absolute Gasteiger partial charge is 0.303 e. The lowest BCUT2D eigenvalue weighted by molar-refractivity contribution is -0.136. The largest absolute Gasteiger partial charge is 0.497 e. The first-order valence-corrected chi connectivity index (χ1v) is 10.3. The van der Waals surface area contributed by atoms with E-state index in [1.165, 1.54) is 6.07 Å². The van der Waals surface area contributed by atoms with Gasteiger partial charge in [0.15, 0.2) is 0 Å². The summed E-state index contributed by atoms with van der Waals surface area (Å²) in [4.78, 5) is 19.8. The summed E-state index contributed by atoms with van der Waals surface area (Å²) in [7, 11) is 1.60. The Morgan fingerprint density at radius 2 is 1.77 bits per heavy atom. The third kappa shape index (κ3) is 6.88. The van der Waals surface area contributed by atoms with Gasteiger partial charge in [-0.15, -0.1) is 0 Å². The van der Waals surface area contributed by atoms with Crippen molar-refractivity contribution >= 4 is 29.8 Å². The maximum Gasteiger partial charge on any atom is 0.303 e. The second-order valence-electron chi connectivity index (χ2n) is 7.23. The highest BCUT2D eigenvalue weighted by Gasteiger charge is 2.14. The number of aliphatic imine (C=N–C) groups is 2. The molecule has 0 amide bonds. The number of ether oxygens (including phenoxy) is 1. The van der Waals surface area contributed by atoms with Gasteiger partial charge in [0.25, 0.3) is 0 Å². The van der Waals surface area contributed by atoms with Gasteiger partial charge >= 0.3 is 5.97 Å². The number of nitrogens with zero attached hydrogens (tertiary/aromatic N) is 2. The van der Waals surface area contributed by atoms with Crippen molar-refractivity contribution in [1.29, 1.82) is 0 Å². The van der Waals surface area contributed by atoms with Crippen molar-refractivity contribution < 1.29 is 19.0 Å². The lowest BCUT2D eigenvalue weighted by Crippen LogP contribution is -2.01. The van der Waals surface area contributed by atoms with Crippen LogP contribution in [0, 0.1) is 5.82 Å². The van der Waals surface area contributed by atoms with Crippen LogP contribution in [0.3, 0.4) is 0 Å². The number of aliphatic carboxylic acids is 1. The summed E-state index contributed by atoms with van der Waals surface area (Å²) < 4.78 is 20.0. The average molecular weight is 425 g/mol. The minimum atomic E-state index is -0.960. The van der Waals surface area contributed by atoms with Gasteiger partial charge < -0.3 is 9.84 Å². The SMILES string of the molecule is C=N/C(=C(\N=C(C)CCCC)c1ccc(CCC(=O)O)c(F)c1)c1ccc(OC)cc1. The molecule has 1 N–H and O–H groups in total. The minimum absolute atomic E-state index is 0.126. The summed E-state index contributed by atoms with van der Waals surface area (Å²) >= 11 is 0. The Bertz CT molecular complexity index is 979. The van der Waals surface area contributed by atoms with Gasteiger partial charge in [0.1, 0.15) is 11.6 Å². The molecule has 0 saturated carbocycles. The summed E-state index contributed by atoms with van der Waals surface area (Å²) in [5.74, 6) is -0.709. The molecule has 31 heavy (non-hydrogen) atoms. The second kappa shape index (κ2) is 11.8. The van der Waals surface area contributed by atoms with Crippen molar-refractivity contribution in [2.45, 2.75) is 46.0 Å². The van der Waals surface area contributed by atoms with Crippen LogP contribution >= 0.6 is 0 Å². The van der Waals surface area contributed by atoms with E-state index in [1.807, 2.05) is 31.2 Å². The van der Waals surface area contributed by atoms with Gasteiger partial charge in [0, 0.05) is 23.3 Å². The Labute approximate surface area is 183 Å². The zero-order chi connectivity index (χ0) is 22.8. The van der Waals surface area contributed by atoms with Crippen LogP contribution in [-0.4, -0.2) is 30.6 Å². The van der Waals surface area contributed by atoms with Crippen LogP contribution < -0.4 is 4.74 Å². The molecule has 2 aromatic carbocycles. The summed E-state index contributed by atoms with van der Waals surface area (Å²) in [5, 5.41) is 8.87. The standard InChI is InChI=1S/C25H29FN2O3/c1-5-6-7-17(2)28-25(24(27-3)19-10-13-21(31-4)14-11-19)20-9-8-18(22(26)16-20)12-15-23(29)30/h8-11,13-14,16H,3,5-7,12,15H2,1-2,4H3,(H,29,30)/b25-24-,28-17?. The number of carboxylic acids is 1. The highest BCUT2D eigenvalue weighted by molar-refractivity contribution is 5.97. The number of unbranched alkanes of at least 4 members (excludes halogenated alkanes) is 1. The van der Waals surface area contributed by atoms with Crippen molar-refractivity contribution in [2.75, 3.05) is 7.11 Å². The number of aryl methyl sites for hydroxylation is 1. The molecule has 0 fully saturated rings. The molecule has 2 aromatic rings. The van der Waals surface area contributed by atoms with Crippen molar-refractivity contribution in [3.05, 3.63) is 65.0 Å². The Morgan fingerprint density at radius 1 is 1.10 bits per heavy atom. The molecule has 0 saturated heterocycles. The van der Waals surface area contributed by atoms with E-state index in [1.54, 1.807) is 19.2 Å². The molecule has 0 aliphatic heterocycles. The van der Waals surface area contributed by atoms with Crippen LogP contribution in [0.4, 0.5) is 4.39 Å². The fraction of sp³-hybridized carbons (Fsp3) is 0.320. The summed E-state index contributed by atoms with van der Waals surface area (Å²) in [6, 6.07) is 12.1. The van der Waals surface area contributed by atoms with Crippen LogP contribution in [0.1, 0.15) is 56.2 Å². The molecule has 0 heterocycles. The molecule has 0 unspecified atom stereocenters. The molecule has 0 aromatic heterocycles. The average Bonchev–Trinajstić information content (AvgIpc) is 2.77. The van der Waals surface area contributed by atoms with E-state index in [0.29, 0.717) is 28.3 Å². The van der Waals surface area contributed by atoms with Crippen LogP contribution in [-0.2, 0) is 11.2 Å². The van der Waals surface area contributed by atoms with E-state index >= 15 is 0 Å². The Kier molecular flexibility index (Phi) is 9.13. The first kappa shape index (κ1) is 24.0. The molecular weight excluding hydrogens is 395 g/mol. The predicted octanol–water partition coefficient (Wildman–Crippen LogP) is 6.03. The molecule has 0 aliphatic rings. The molecule has 0 aliphatic carbocycles. The monoisotopic (exact) mass is 424 g/mol. The number of carboxylic acid groups (broad SMARTS) is 1. The Hall–Kier alpha value is -3.28. The van der Waals surface area contributed by atoms with Gasteiger partial charge in [-0.1, -0.05) is 25.5 Å². The molecule has 2 rings (SSSR count). The highest BCUT2D eigenvalue weighted by atomic mass is 19.1. The van der Waals surface area contributed by atoms with Crippen molar-refractivity contribution in [3.63, 3.8) is 0 Å². The van der Waals surface area contributed by atoms with Gasteiger partial charge in [-0.2, -0.15) is 0 Å². The Balaban J connectivity index is 2.58. The number of carbonyl (C=O) groups is 1. The van der Waals surface area contributed by atoms with Crippen LogP contribution in [0.25, 0.3) is 11.4 Å². The molecule has 0 spiro atoms. The molecule has 0 bridgehead atoms. The first-order valence-electron chi connectivity index (χ1n) is 10.3. The summed E-state index contributed by atoms with van der Waals surface area (Å²) in [6.07, 6.45) is 2.88. The predicted molar refractivity (Wildman–Crippen MR) is 124 cm³/mol. The topological polar surface area (TPSA) is 71.2 Å². The van der Waals surface area contributed by atoms with Gasteiger partial charge in [0.05, 0.1) is 18.5 Å². The lowest BCUT2D eigenvalue weighted by atomic mass is 10.0. The second-order valence-corrected chi connectivity index (χ2v) is 7.23. The molecule has 0 radical (unpaired) electrons. The maximum atomic E-state index is 14.7. The Morgan fingerprint density at radius 3 is 2.32 bits per heavy atom. The zero-order valence-electron chi connectivity index (χ0n) is 18.3. The van der Waals surface area contributed by atoms with Gasteiger partial charge in [-0.3, -0.25) is 14.8 Å². The number of halogens is 1. The van der Waals surface area contributed by atoms with Crippen LogP contribution in [0.5, 0.6) is 5.75 Å². The number of hydrogen-bond acceptors (Lipinski definition) is 4. The molecule has 6 heteroatoms. The van der Waals surface area contributed by atoms with Crippen LogP contribution in [0.15, 0.2) is 52.4 Å². The summed E-state index contributed by atoms with van der Waals surface area (Å²) in [6.45, 7) is 7.78. The van der Waals surface area contributed by atoms with E-state index in [0.717, 1.165) is 30.5 Å². The van der Waals surface area contributed by atoms with Crippen molar-refractivity contribution in [2.24, 2.45) is 9.98 Å². The highest BCUT2D eigenvalue weighted by Crippen LogP contribution is 2.31. The fourth-order valence-corrected chi connectivity index (χ4v) is 3.12. The molecular formula is C25H29FN2O3. The third-order valence-electron chi connectivity index (χ3n) is 4.88. The van der Waals surface area contributed by atoms with Crippen LogP contribution in [0.2, 0.25) is 0 Å². The maximum absolute atomic E-state index is 14.7.